The van der Waals surface area contributed by atoms with Gasteiger partial charge in [-0.2, -0.15) is 11.8 Å². The molecule has 25 heavy (non-hydrogen) atoms. The number of carboxylic acids is 1. The molecule has 0 aliphatic carbocycles. The summed E-state index contributed by atoms with van der Waals surface area (Å²) in [4.78, 5) is 26.2. The summed E-state index contributed by atoms with van der Waals surface area (Å²) in [6.07, 6.45) is 2.47. The molecule has 2 aliphatic heterocycles. The molecule has 2 saturated heterocycles. The molecular formula is C20H27NO3S. The molecule has 3 atom stereocenters. The highest BCUT2D eigenvalue weighted by molar-refractivity contribution is 7.99. The molecule has 2 heterocycles. The Balaban J connectivity index is 1.73. The molecule has 3 unspecified atom stereocenters. The van der Waals surface area contributed by atoms with Crippen molar-refractivity contribution in [2.45, 2.75) is 57.5 Å². The maximum Gasteiger partial charge on any atom is 0.327 e. The zero-order valence-electron chi connectivity index (χ0n) is 15.2. The van der Waals surface area contributed by atoms with E-state index < -0.39 is 12.0 Å². The molecule has 2 aliphatic rings. The quantitative estimate of drug-likeness (QED) is 0.897. The Kier molecular flexibility index (Phi) is 5.14. The van der Waals surface area contributed by atoms with Gasteiger partial charge in [-0.1, -0.05) is 45.0 Å². The van der Waals surface area contributed by atoms with Crippen molar-refractivity contribution in [1.29, 1.82) is 0 Å². The zero-order valence-corrected chi connectivity index (χ0v) is 16.0. The minimum absolute atomic E-state index is 0.0313. The van der Waals surface area contributed by atoms with Gasteiger partial charge in [0.1, 0.15) is 6.04 Å². The van der Waals surface area contributed by atoms with Gasteiger partial charge in [-0.25, -0.2) is 4.79 Å². The van der Waals surface area contributed by atoms with Crippen LogP contribution in [-0.2, 0) is 21.4 Å². The third-order valence-corrected chi connectivity index (χ3v) is 6.53. The van der Waals surface area contributed by atoms with Crippen molar-refractivity contribution in [2.75, 3.05) is 11.5 Å². The summed E-state index contributed by atoms with van der Waals surface area (Å²) in [5.74, 6) is 0.430. The standard InChI is InChI=1S/C20H27NO3S/c1-20(2,3)15-7-4-13(5-8-15)10-14-6-9-16-11-25-12-17(19(23)24)21(16)18(14)22/h4-5,7-8,14,16-17H,6,9-12H2,1-3H3,(H,23,24). The normalized spacial score (nSPS) is 27.1. The number of fused-ring (bicyclic) bond motifs is 1. The summed E-state index contributed by atoms with van der Waals surface area (Å²) in [6, 6.07) is 7.93. The van der Waals surface area contributed by atoms with Crippen LogP contribution >= 0.6 is 11.8 Å². The molecule has 1 aromatic rings. The number of piperidine rings is 1. The monoisotopic (exact) mass is 361 g/mol. The highest BCUT2D eigenvalue weighted by atomic mass is 32.2. The van der Waals surface area contributed by atoms with Gasteiger partial charge in [-0.15, -0.1) is 0 Å². The summed E-state index contributed by atoms with van der Waals surface area (Å²) in [5, 5.41) is 9.47. The van der Waals surface area contributed by atoms with Crippen LogP contribution in [0.25, 0.3) is 0 Å². The number of carbonyl (C=O) groups excluding carboxylic acids is 1. The summed E-state index contributed by atoms with van der Waals surface area (Å²) in [7, 11) is 0. The largest absolute Gasteiger partial charge is 0.480 e. The minimum atomic E-state index is -0.874. The van der Waals surface area contributed by atoms with E-state index in [9.17, 15) is 14.7 Å². The molecule has 0 radical (unpaired) electrons. The van der Waals surface area contributed by atoms with Crippen molar-refractivity contribution < 1.29 is 14.7 Å². The topological polar surface area (TPSA) is 57.6 Å². The lowest BCUT2D eigenvalue weighted by molar-refractivity contribution is -0.156. The van der Waals surface area contributed by atoms with Crippen LogP contribution in [0.3, 0.4) is 0 Å². The number of carboxylic acid groups (broad SMARTS) is 1. The zero-order chi connectivity index (χ0) is 18.2. The number of benzene rings is 1. The molecule has 1 N–H and O–H groups in total. The van der Waals surface area contributed by atoms with E-state index in [1.807, 2.05) is 0 Å². The van der Waals surface area contributed by atoms with E-state index in [0.29, 0.717) is 12.2 Å². The number of hydrogen-bond donors (Lipinski definition) is 1. The van der Waals surface area contributed by atoms with E-state index >= 15 is 0 Å². The van der Waals surface area contributed by atoms with Gasteiger partial charge in [0.25, 0.3) is 0 Å². The van der Waals surface area contributed by atoms with Gasteiger partial charge in [-0.05, 0) is 35.8 Å². The second-order valence-electron chi connectivity index (χ2n) is 8.22. The average molecular weight is 362 g/mol. The number of nitrogens with zero attached hydrogens (tertiary/aromatic N) is 1. The molecule has 3 rings (SSSR count). The molecule has 2 fully saturated rings. The van der Waals surface area contributed by atoms with Crippen LogP contribution < -0.4 is 0 Å². The second-order valence-corrected chi connectivity index (χ2v) is 9.29. The molecule has 5 heteroatoms. The number of thioether (sulfide) groups is 1. The molecular weight excluding hydrogens is 334 g/mol. The molecule has 0 spiro atoms. The Bertz CT molecular complexity index is 650. The van der Waals surface area contributed by atoms with E-state index in [4.69, 9.17) is 0 Å². The van der Waals surface area contributed by atoms with Crippen LogP contribution in [0.5, 0.6) is 0 Å². The first kappa shape index (κ1) is 18.3. The molecule has 1 aromatic carbocycles. The lowest BCUT2D eigenvalue weighted by atomic mass is 9.84. The molecule has 0 saturated carbocycles. The van der Waals surface area contributed by atoms with Crippen LogP contribution in [0.2, 0.25) is 0 Å². The Morgan fingerprint density at radius 3 is 2.48 bits per heavy atom. The maximum absolute atomic E-state index is 13.0. The number of hydrogen-bond acceptors (Lipinski definition) is 3. The van der Waals surface area contributed by atoms with Crippen molar-refractivity contribution >= 4 is 23.6 Å². The molecule has 136 valence electrons. The molecule has 0 bridgehead atoms. The summed E-state index contributed by atoms with van der Waals surface area (Å²) in [5.41, 5.74) is 2.56. The first-order valence-corrected chi connectivity index (χ1v) is 10.1. The van der Waals surface area contributed by atoms with Crippen LogP contribution in [0.15, 0.2) is 24.3 Å². The summed E-state index contributed by atoms with van der Waals surface area (Å²) >= 11 is 1.65. The third-order valence-electron chi connectivity index (χ3n) is 5.35. The third kappa shape index (κ3) is 3.86. The molecule has 1 amide bonds. The van der Waals surface area contributed by atoms with Gasteiger partial charge >= 0.3 is 5.97 Å². The first-order chi connectivity index (χ1) is 11.8. The lowest BCUT2D eigenvalue weighted by Gasteiger charge is -2.45. The highest BCUT2D eigenvalue weighted by Gasteiger charge is 2.44. The number of aliphatic carboxylic acids is 1. The van der Waals surface area contributed by atoms with Gasteiger partial charge in [0, 0.05) is 23.5 Å². The average Bonchev–Trinajstić information content (AvgIpc) is 2.56. The first-order valence-electron chi connectivity index (χ1n) is 8.99. The predicted molar refractivity (Wildman–Crippen MR) is 101 cm³/mol. The fraction of sp³-hybridized carbons (Fsp3) is 0.600. The van der Waals surface area contributed by atoms with Gasteiger partial charge in [0.2, 0.25) is 5.91 Å². The fourth-order valence-electron chi connectivity index (χ4n) is 3.82. The van der Waals surface area contributed by atoms with Gasteiger partial charge in [0.05, 0.1) is 0 Å². The van der Waals surface area contributed by atoms with Gasteiger partial charge in [0.15, 0.2) is 0 Å². The van der Waals surface area contributed by atoms with Gasteiger partial charge < -0.3 is 10.0 Å². The van der Waals surface area contributed by atoms with Crippen molar-refractivity contribution in [2.24, 2.45) is 5.92 Å². The number of amides is 1. The lowest BCUT2D eigenvalue weighted by Crippen LogP contribution is -2.59. The Hall–Kier alpha value is -1.49. The van der Waals surface area contributed by atoms with Crippen LogP contribution in [-0.4, -0.2) is 45.5 Å². The van der Waals surface area contributed by atoms with E-state index in [2.05, 4.69) is 45.0 Å². The van der Waals surface area contributed by atoms with E-state index in [1.54, 1.807) is 16.7 Å². The predicted octanol–water partition coefficient (Wildman–Crippen LogP) is 3.33. The minimum Gasteiger partial charge on any atom is -0.480 e. The Labute approximate surface area is 154 Å². The second kappa shape index (κ2) is 7.02. The van der Waals surface area contributed by atoms with E-state index in [0.717, 1.165) is 24.2 Å². The van der Waals surface area contributed by atoms with Crippen LogP contribution in [0.1, 0.15) is 44.7 Å². The van der Waals surface area contributed by atoms with Crippen molar-refractivity contribution in [3.63, 3.8) is 0 Å². The van der Waals surface area contributed by atoms with Gasteiger partial charge in [-0.3, -0.25) is 4.79 Å². The molecule has 0 aromatic heterocycles. The summed E-state index contributed by atoms with van der Waals surface area (Å²) in [6.45, 7) is 6.56. The summed E-state index contributed by atoms with van der Waals surface area (Å²) < 4.78 is 0. The van der Waals surface area contributed by atoms with Crippen molar-refractivity contribution in [3.05, 3.63) is 35.4 Å². The number of rotatable bonds is 3. The maximum atomic E-state index is 13.0. The smallest absolute Gasteiger partial charge is 0.327 e. The fourth-order valence-corrected chi connectivity index (χ4v) is 5.08. The molecule has 4 nitrogen and oxygen atoms in total. The SMILES string of the molecule is CC(C)(C)c1ccc(CC2CCC3CSCC(C(=O)O)N3C2=O)cc1. The van der Waals surface area contributed by atoms with Crippen molar-refractivity contribution in [1.82, 2.24) is 4.90 Å². The Morgan fingerprint density at radius 1 is 1.20 bits per heavy atom. The van der Waals surface area contributed by atoms with Crippen LogP contribution in [0, 0.1) is 5.92 Å². The van der Waals surface area contributed by atoms with Crippen LogP contribution in [0.4, 0.5) is 0 Å². The Morgan fingerprint density at radius 2 is 1.88 bits per heavy atom. The van der Waals surface area contributed by atoms with Crippen molar-refractivity contribution in [3.8, 4) is 0 Å². The van der Waals surface area contributed by atoms with E-state index in [1.165, 1.54) is 5.56 Å². The highest BCUT2D eigenvalue weighted by Crippen LogP contribution is 2.34. The number of carbonyl (C=O) groups is 2. The van der Waals surface area contributed by atoms with E-state index in [-0.39, 0.29) is 23.3 Å².